The summed E-state index contributed by atoms with van der Waals surface area (Å²) in [5.74, 6) is 2.15. The van der Waals surface area contributed by atoms with Gasteiger partial charge in [-0.2, -0.15) is 0 Å². The molecule has 0 amide bonds. The van der Waals surface area contributed by atoms with E-state index in [1.807, 2.05) is 0 Å². The van der Waals surface area contributed by atoms with E-state index in [-0.39, 0.29) is 22.7 Å². The molecule has 2 N–H and O–H groups in total. The maximum atomic E-state index is 10.6. The summed E-state index contributed by atoms with van der Waals surface area (Å²) in [6.07, 6.45) is 9.77. The molecule has 0 aromatic carbocycles. The van der Waals surface area contributed by atoms with Gasteiger partial charge in [-0.3, -0.25) is 0 Å². The van der Waals surface area contributed by atoms with Gasteiger partial charge in [-0.15, -0.1) is 0 Å². The Bertz CT molecular complexity index is 530. The lowest BCUT2D eigenvalue weighted by Gasteiger charge is -2.62. The molecule has 4 saturated carbocycles. The van der Waals surface area contributed by atoms with Crippen LogP contribution in [0.4, 0.5) is 0 Å². The van der Waals surface area contributed by atoms with Gasteiger partial charge in [0.05, 0.1) is 19.3 Å². The van der Waals surface area contributed by atoms with Crippen molar-refractivity contribution in [1.82, 2.24) is 0 Å². The molecule has 4 nitrogen and oxygen atoms in total. The predicted octanol–water partition coefficient (Wildman–Crippen LogP) is 3.11. The summed E-state index contributed by atoms with van der Waals surface area (Å²) in [5.41, 5.74) is 0.191. The average molecular weight is 350 g/mol. The molecule has 1 aliphatic heterocycles. The van der Waals surface area contributed by atoms with Crippen LogP contribution in [0.2, 0.25) is 0 Å². The quantitative estimate of drug-likeness (QED) is 0.763. The van der Waals surface area contributed by atoms with E-state index in [4.69, 9.17) is 9.47 Å². The smallest absolute Gasteiger partial charge is 0.168 e. The van der Waals surface area contributed by atoms with Crippen LogP contribution >= 0.6 is 0 Å². The third-order valence-corrected chi connectivity index (χ3v) is 9.42. The van der Waals surface area contributed by atoms with Crippen LogP contribution in [0.3, 0.4) is 0 Å². The lowest BCUT2D eigenvalue weighted by Crippen LogP contribution is -2.58. The van der Waals surface area contributed by atoms with E-state index in [1.165, 1.54) is 25.7 Å². The van der Waals surface area contributed by atoms with Crippen molar-refractivity contribution < 1.29 is 19.7 Å². The lowest BCUT2D eigenvalue weighted by molar-refractivity contribution is -0.240. The van der Waals surface area contributed by atoms with E-state index in [0.717, 1.165) is 45.3 Å². The summed E-state index contributed by atoms with van der Waals surface area (Å²) >= 11 is 0. The second kappa shape index (κ2) is 5.67. The van der Waals surface area contributed by atoms with Crippen molar-refractivity contribution in [3.05, 3.63) is 0 Å². The largest absolute Gasteiger partial charge is 0.396 e. The van der Waals surface area contributed by atoms with E-state index in [9.17, 15) is 10.2 Å². The Labute approximate surface area is 151 Å². The van der Waals surface area contributed by atoms with Crippen molar-refractivity contribution in [3.63, 3.8) is 0 Å². The summed E-state index contributed by atoms with van der Waals surface area (Å²) < 4.78 is 12.0. The molecule has 1 spiro atoms. The highest BCUT2D eigenvalue weighted by atomic mass is 16.7. The van der Waals surface area contributed by atoms with Gasteiger partial charge >= 0.3 is 0 Å². The summed E-state index contributed by atoms with van der Waals surface area (Å²) in [7, 11) is 0. The molecule has 142 valence electrons. The van der Waals surface area contributed by atoms with Gasteiger partial charge in [-0.1, -0.05) is 6.92 Å². The Hall–Kier alpha value is -0.160. The number of rotatable bonds is 1. The molecule has 1 heterocycles. The van der Waals surface area contributed by atoms with Crippen LogP contribution in [0.1, 0.15) is 64.7 Å². The number of hydrogen-bond acceptors (Lipinski definition) is 4. The topological polar surface area (TPSA) is 58.9 Å². The van der Waals surface area contributed by atoms with Crippen molar-refractivity contribution >= 4 is 0 Å². The molecule has 0 unspecified atom stereocenters. The molecule has 5 aliphatic rings. The highest BCUT2D eigenvalue weighted by Gasteiger charge is 2.63. The molecule has 0 aromatic rings. The van der Waals surface area contributed by atoms with Crippen LogP contribution in [0.25, 0.3) is 0 Å². The highest BCUT2D eigenvalue weighted by molar-refractivity contribution is 5.11. The van der Waals surface area contributed by atoms with Gasteiger partial charge in [0.2, 0.25) is 0 Å². The van der Waals surface area contributed by atoms with Crippen LogP contribution in [-0.4, -0.2) is 41.9 Å². The molecule has 25 heavy (non-hydrogen) atoms. The van der Waals surface area contributed by atoms with Crippen LogP contribution < -0.4 is 0 Å². The molecular weight excluding hydrogens is 316 g/mol. The molecule has 0 aromatic heterocycles. The number of fused-ring (bicyclic) bond motifs is 5. The van der Waals surface area contributed by atoms with Gasteiger partial charge in [0.15, 0.2) is 5.79 Å². The minimum absolute atomic E-state index is 0.0678. The fourth-order valence-corrected chi connectivity index (χ4v) is 8.04. The number of aliphatic hydroxyl groups is 2. The van der Waals surface area contributed by atoms with Gasteiger partial charge in [-0.25, -0.2) is 0 Å². The Morgan fingerprint density at radius 3 is 2.48 bits per heavy atom. The second-order valence-electron chi connectivity index (χ2n) is 9.99. The third kappa shape index (κ3) is 2.20. The SMILES string of the molecule is C[C@]12CC[C@H]3[C@@H](CC[C@H]4CC5(CC[C@@]43CO)OCCO5)[C@@H]1CC[C@@H]2O. The van der Waals surface area contributed by atoms with Crippen LogP contribution in [0.5, 0.6) is 0 Å². The van der Waals surface area contributed by atoms with Gasteiger partial charge in [-0.05, 0) is 79.4 Å². The molecular formula is C21H34O4. The minimum atomic E-state index is -0.344. The van der Waals surface area contributed by atoms with Crippen LogP contribution in [0.15, 0.2) is 0 Å². The lowest BCUT2D eigenvalue weighted by atomic mass is 9.44. The summed E-state index contributed by atoms with van der Waals surface area (Å²) in [5, 5.41) is 21.2. The molecule has 7 atom stereocenters. The van der Waals surface area contributed by atoms with E-state index < -0.39 is 0 Å². The van der Waals surface area contributed by atoms with Crippen molar-refractivity contribution in [2.45, 2.75) is 76.6 Å². The van der Waals surface area contributed by atoms with Crippen molar-refractivity contribution in [2.75, 3.05) is 19.8 Å². The highest BCUT2D eigenvalue weighted by Crippen LogP contribution is 2.67. The molecule has 5 rings (SSSR count). The van der Waals surface area contributed by atoms with Crippen LogP contribution in [0, 0.1) is 34.5 Å². The molecule has 4 heteroatoms. The van der Waals surface area contributed by atoms with E-state index in [0.29, 0.717) is 30.3 Å². The molecule has 5 fully saturated rings. The fourth-order valence-electron chi connectivity index (χ4n) is 8.04. The molecule has 0 radical (unpaired) electrons. The Morgan fingerprint density at radius 1 is 0.920 bits per heavy atom. The van der Waals surface area contributed by atoms with Gasteiger partial charge < -0.3 is 19.7 Å². The number of ether oxygens (including phenoxy) is 2. The van der Waals surface area contributed by atoms with Crippen molar-refractivity contribution in [2.24, 2.45) is 34.5 Å². The first-order valence-corrected chi connectivity index (χ1v) is 10.6. The summed E-state index contributed by atoms with van der Waals surface area (Å²) in [6.45, 7) is 4.10. The molecule has 4 aliphatic carbocycles. The zero-order valence-electron chi connectivity index (χ0n) is 15.6. The summed E-state index contributed by atoms with van der Waals surface area (Å²) in [6, 6.07) is 0. The molecule has 1 saturated heterocycles. The Kier molecular flexibility index (Phi) is 3.85. The van der Waals surface area contributed by atoms with Crippen LogP contribution in [-0.2, 0) is 9.47 Å². The van der Waals surface area contributed by atoms with Gasteiger partial charge in [0.25, 0.3) is 0 Å². The normalized spacial score (nSPS) is 54.1. The predicted molar refractivity (Wildman–Crippen MR) is 93.8 cm³/mol. The Morgan fingerprint density at radius 2 is 1.72 bits per heavy atom. The zero-order valence-corrected chi connectivity index (χ0v) is 15.6. The second-order valence-corrected chi connectivity index (χ2v) is 9.99. The van der Waals surface area contributed by atoms with Crippen molar-refractivity contribution in [3.8, 4) is 0 Å². The third-order valence-electron chi connectivity index (χ3n) is 9.42. The fraction of sp³-hybridized carbons (Fsp3) is 1.00. The first kappa shape index (κ1) is 17.0. The van der Waals surface area contributed by atoms with E-state index in [2.05, 4.69) is 6.92 Å². The maximum absolute atomic E-state index is 10.6. The maximum Gasteiger partial charge on any atom is 0.168 e. The minimum Gasteiger partial charge on any atom is -0.396 e. The number of aliphatic hydroxyl groups excluding tert-OH is 2. The van der Waals surface area contributed by atoms with Gasteiger partial charge in [0.1, 0.15) is 0 Å². The zero-order chi connectivity index (χ0) is 17.3. The monoisotopic (exact) mass is 350 g/mol. The first-order valence-electron chi connectivity index (χ1n) is 10.6. The average Bonchev–Trinajstić information content (AvgIpc) is 3.19. The van der Waals surface area contributed by atoms with E-state index in [1.54, 1.807) is 0 Å². The standard InChI is InChI=1S/C21H34O4/c1-19-7-6-17-15(16(19)4-5-18(19)23)3-2-14-12-21(24-10-11-25-21)9-8-20(14,17)13-22/h14-18,22-23H,2-13H2,1H3/t14-,15-,16-,17-,18-,19-,20+/m0/s1. The van der Waals surface area contributed by atoms with Gasteiger partial charge in [0, 0.05) is 19.4 Å². The first-order chi connectivity index (χ1) is 12.0. The summed E-state index contributed by atoms with van der Waals surface area (Å²) in [4.78, 5) is 0. The van der Waals surface area contributed by atoms with Crippen molar-refractivity contribution in [1.29, 1.82) is 0 Å². The Balaban J connectivity index is 1.44. The molecule has 0 bridgehead atoms. The number of hydrogen-bond donors (Lipinski definition) is 2. The van der Waals surface area contributed by atoms with E-state index >= 15 is 0 Å².